The highest BCUT2D eigenvalue weighted by Crippen LogP contribution is 2.32. The van der Waals surface area contributed by atoms with Crippen LogP contribution in [0.3, 0.4) is 0 Å². The Hall–Kier alpha value is 0.310. The van der Waals surface area contributed by atoms with Gasteiger partial charge in [0.05, 0.1) is 0 Å². The minimum atomic E-state index is 0.473. The Morgan fingerprint density at radius 1 is 1.36 bits per heavy atom. The van der Waals surface area contributed by atoms with Crippen LogP contribution in [0.15, 0.2) is 0 Å². The van der Waals surface area contributed by atoms with Crippen molar-refractivity contribution in [2.75, 3.05) is 18.1 Å². The number of piperidine rings is 1. The van der Waals surface area contributed by atoms with Crippen molar-refractivity contribution >= 4 is 11.8 Å². The molecule has 2 rings (SSSR count). The fourth-order valence-electron chi connectivity index (χ4n) is 2.90. The standard InChI is InChI=1S/C12H23NS/c1-12(6-2-3-7-13-12)9-11-5-4-8-14-10-11/h11,13H,2-10H2,1H3. The average molecular weight is 213 g/mol. The van der Waals surface area contributed by atoms with Gasteiger partial charge >= 0.3 is 0 Å². The maximum absolute atomic E-state index is 3.73. The molecule has 2 unspecified atom stereocenters. The van der Waals surface area contributed by atoms with Crippen LogP contribution in [0.1, 0.15) is 45.4 Å². The highest BCUT2D eigenvalue weighted by atomic mass is 32.2. The predicted molar refractivity (Wildman–Crippen MR) is 64.9 cm³/mol. The number of thioether (sulfide) groups is 1. The molecule has 0 aliphatic carbocycles. The van der Waals surface area contributed by atoms with Gasteiger partial charge in [0.25, 0.3) is 0 Å². The topological polar surface area (TPSA) is 12.0 Å². The lowest BCUT2D eigenvalue weighted by atomic mass is 9.81. The van der Waals surface area contributed by atoms with Crippen molar-refractivity contribution < 1.29 is 0 Å². The molecule has 14 heavy (non-hydrogen) atoms. The third kappa shape index (κ3) is 2.90. The first-order valence-electron chi connectivity index (χ1n) is 6.11. The number of nitrogens with one attached hydrogen (secondary N) is 1. The number of rotatable bonds is 2. The van der Waals surface area contributed by atoms with E-state index in [1.165, 1.54) is 56.6 Å². The van der Waals surface area contributed by atoms with E-state index in [1.807, 2.05) is 0 Å². The van der Waals surface area contributed by atoms with Crippen LogP contribution in [-0.4, -0.2) is 23.6 Å². The lowest BCUT2D eigenvalue weighted by molar-refractivity contribution is 0.224. The fourth-order valence-corrected chi connectivity index (χ4v) is 4.05. The molecule has 0 spiro atoms. The van der Waals surface area contributed by atoms with E-state index in [0.717, 1.165) is 5.92 Å². The van der Waals surface area contributed by atoms with Gasteiger partial charge < -0.3 is 5.32 Å². The summed E-state index contributed by atoms with van der Waals surface area (Å²) >= 11 is 2.16. The third-order valence-electron chi connectivity index (χ3n) is 3.70. The van der Waals surface area contributed by atoms with Crippen LogP contribution in [0.2, 0.25) is 0 Å². The zero-order chi connectivity index (χ0) is 9.86. The van der Waals surface area contributed by atoms with Crippen LogP contribution >= 0.6 is 11.8 Å². The largest absolute Gasteiger partial charge is 0.312 e. The van der Waals surface area contributed by atoms with Gasteiger partial charge in [-0.25, -0.2) is 0 Å². The van der Waals surface area contributed by atoms with Crippen molar-refractivity contribution in [3.63, 3.8) is 0 Å². The number of hydrogen-bond acceptors (Lipinski definition) is 2. The number of hydrogen-bond donors (Lipinski definition) is 1. The molecule has 0 radical (unpaired) electrons. The summed E-state index contributed by atoms with van der Waals surface area (Å²) in [5.74, 6) is 3.81. The van der Waals surface area contributed by atoms with Crippen molar-refractivity contribution in [1.82, 2.24) is 5.32 Å². The molecular formula is C12H23NS. The van der Waals surface area contributed by atoms with Gasteiger partial charge in [-0.05, 0) is 63.0 Å². The first-order chi connectivity index (χ1) is 6.79. The molecule has 0 bridgehead atoms. The van der Waals surface area contributed by atoms with E-state index in [2.05, 4.69) is 24.0 Å². The van der Waals surface area contributed by atoms with Gasteiger partial charge in [-0.1, -0.05) is 6.42 Å². The molecule has 0 saturated carbocycles. The lowest BCUT2D eigenvalue weighted by Crippen LogP contribution is -2.47. The Bertz CT molecular complexity index is 169. The van der Waals surface area contributed by atoms with Crippen LogP contribution in [0.5, 0.6) is 0 Å². The molecule has 0 aromatic carbocycles. The van der Waals surface area contributed by atoms with Gasteiger partial charge in [-0.15, -0.1) is 0 Å². The van der Waals surface area contributed by atoms with Crippen molar-refractivity contribution in [3.05, 3.63) is 0 Å². The average Bonchev–Trinajstić information content (AvgIpc) is 2.19. The van der Waals surface area contributed by atoms with Gasteiger partial charge in [0, 0.05) is 5.54 Å². The van der Waals surface area contributed by atoms with Crippen LogP contribution in [-0.2, 0) is 0 Å². The van der Waals surface area contributed by atoms with Gasteiger partial charge in [-0.3, -0.25) is 0 Å². The second kappa shape index (κ2) is 4.89. The molecule has 1 nitrogen and oxygen atoms in total. The van der Waals surface area contributed by atoms with E-state index in [0.29, 0.717) is 5.54 Å². The summed E-state index contributed by atoms with van der Waals surface area (Å²) in [4.78, 5) is 0. The zero-order valence-corrected chi connectivity index (χ0v) is 10.2. The third-order valence-corrected chi connectivity index (χ3v) is 4.99. The van der Waals surface area contributed by atoms with E-state index >= 15 is 0 Å². The van der Waals surface area contributed by atoms with Gasteiger partial charge in [0.1, 0.15) is 0 Å². The molecule has 0 amide bonds. The fraction of sp³-hybridized carbons (Fsp3) is 1.00. The second-order valence-corrected chi connectivity index (χ2v) is 6.38. The van der Waals surface area contributed by atoms with Crippen molar-refractivity contribution in [1.29, 1.82) is 0 Å². The predicted octanol–water partition coefficient (Wildman–Crippen LogP) is 3.05. The van der Waals surface area contributed by atoms with E-state index in [1.54, 1.807) is 0 Å². The van der Waals surface area contributed by atoms with E-state index in [9.17, 15) is 0 Å². The smallest absolute Gasteiger partial charge is 0.0156 e. The summed E-state index contributed by atoms with van der Waals surface area (Å²) in [6.45, 7) is 3.68. The Balaban J connectivity index is 1.81. The Morgan fingerprint density at radius 2 is 2.29 bits per heavy atom. The summed E-state index contributed by atoms with van der Waals surface area (Å²) in [6, 6.07) is 0. The molecule has 2 heteroatoms. The molecule has 1 N–H and O–H groups in total. The van der Waals surface area contributed by atoms with E-state index in [4.69, 9.17) is 0 Å². The van der Waals surface area contributed by atoms with Crippen LogP contribution < -0.4 is 5.32 Å². The first-order valence-corrected chi connectivity index (χ1v) is 7.27. The Labute approximate surface area is 92.4 Å². The van der Waals surface area contributed by atoms with E-state index < -0.39 is 0 Å². The van der Waals surface area contributed by atoms with Gasteiger partial charge in [0.2, 0.25) is 0 Å². The molecule has 2 heterocycles. The Morgan fingerprint density at radius 3 is 2.93 bits per heavy atom. The molecule has 2 aliphatic heterocycles. The monoisotopic (exact) mass is 213 g/mol. The maximum Gasteiger partial charge on any atom is 0.0156 e. The van der Waals surface area contributed by atoms with Crippen molar-refractivity contribution in [2.45, 2.75) is 51.0 Å². The van der Waals surface area contributed by atoms with Gasteiger partial charge in [-0.2, -0.15) is 11.8 Å². The second-order valence-electron chi connectivity index (χ2n) is 5.23. The highest BCUT2D eigenvalue weighted by Gasteiger charge is 2.29. The summed E-state index contributed by atoms with van der Waals surface area (Å²) in [7, 11) is 0. The molecule has 82 valence electrons. The van der Waals surface area contributed by atoms with Crippen LogP contribution in [0, 0.1) is 5.92 Å². The normalized spacial score (nSPS) is 39.6. The molecule has 2 saturated heterocycles. The molecule has 2 fully saturated rings. The molecule has 0 aromatic heterocycles. The van der Waals surface area contributed by atoms with Crippen LogP contribution in [0.25, 0.3) is 0 Å². The first kappa shape index (κ1) is 10.8. The minimum absolute atomic E-state index is 0.473. The lowest BCUT2D eigenvalue weighted by Gasteiger charge is -2.38. The van der Waals surface area contributed by atoms with Crippen molar-refractivity contribution in [2.24, 2.45) is 5.92 Å². The SMILES string of the molecule is CC1(CC2CCCSC2)CCCCN1. The van der Waals surface area contributed by atoms with Crippen LogP contribution in [0.4, 0.5) is 0 Å². The van der Waals surface area contributed by atoms with Crippen molar-refractivity contribution in [3.8, 4) is 0 Å². The summed E-state index contributed by atoms with van der Waals surface area (Å²) in [5.41, 5.74) is 0.473. The summed E-state index contributed by atoms with van der Waals surface area (Å²) < 4.78 is 0. The van der Waals surface area contributed by atoms with E-state index in [-0.39, 0.29) is 0 Å². The molecule has 0 aromatic rings. The molecule has 2 atom stereocenters. The summed E-state index contributed by atoms with van der Waals surface area (Å²) in [6.07, 6.45) is 8.56. The zero-order valence-electron chi connectivity index (χ0n) is 9.35. The molecule has 2 aliphatic rings. The summed E-state index contributed by atoms with van der Waals surface area (Å²) in [5, 5.41) is 3.73. The minimum Gasteiger partial charge on any atom is -0.312 e. The maximum atomic E-state index is 3.73. The molecular weight excluding hydrogens is 190 g/mol. The highest BCUT2D eigenvalue weighted by molar-refractivity contribution is 7.99. The quantitative estimate of drug-likeness (QED) is 0.756. The Kier molecular flexibility index (Phi) is 3.78. The van der Waals surface area contributed by atoms with Gasteiger partial charge in [0.15, 0.2) is 0 Å².